The van der Waals surface area contributed by atoms with Crippen molar-refractivity contribution in [1.82, 2.24) is 4.98 Å². The summed E-state index contributed by atoms with van der Waals surface area (Å²) in [4.78, 5) is 15.5. The van der Waals surface area contributed by atoms with Crippen LogP contribution in [0.4, 0.5) is 5.69 Å². The van der Waals surface area contributed by atoms with Crippen LogP contribution in [-0.4, -0.2) is 9.91 Å². The Balaban J connectivity index is 1.94. The van der Waals surface area contributed by atoms with E-state index in [9.17, 15) is 10.1 Å². The summed E-state index contributed by atoms with van der Waals surface area (Å²) in [6.07, 6.45) is 0. The van der Waals surface area contributed by atoms with Gasteiger partial charge in [0, 0.05) is 11.0 Å². The molecule has 0 aliphatic carbocycles. The van der Waals surface area contributed by atoms with Gasteiger partial charge in [-0.15, -0.1) is 11.3 Å². The Morgan fingerprint density at radius 1 is 1.29 bits per heavy atom. The highest BCUT2D eigenvalue weighted by Crippen LogP contribution is 2.35. The van der Waals surface area contributed by atoms with Gasteiger partial charge in [0.05, 0.1) is 15.1 Å². The molecule has 0 saturated carbocycles. The van der Waals surface area contributed by atoms with Gasteiger partial charge < -0.3 is 0 Å². The lowest BCUT2D eigenvalue weighted by molar-refractivity contribution is -0.385. The lowest BCUT2D eigenvalue weighted by Gasteiger charge is -1.99. The second-order valence-electron chi connectivity index (χ2n) is 4.10. The van der Waals surface area contributed by atoms with Crippen LogP contribution in [0.15, 0.2) is 51.7 Å². The molecular formula is C14H7N3O2S2. The standard InChI is InChI=1S/C14H7N3O2S2/c15-8-9-7-10(5-6-12(9)17(18)19)20-14-16-11-3-1-2-4-13(11)21-14/h1-7H. The quantitative estimate of drug-likeness (QED) is 0.534. The summed E-state index contributed by atoms with van der Waals surface area (Å²) < 4.78 is 1.93. The van der Waals surface area contributed by atoms with E-state index in [2.05, 4.69) is 4.98 Å². The van der Waals surface area contributed by atoms with Crippen LogP contribution in [0.25, 0.3) is 10.2 Å². The second-order valence-corrected chi connectivity index (χ2v) is 6.45. The second kappa shape index (κ2) is 5.52. The number of thiazole rings is 1. The van der Waals surface area contributed by atoms with Crippen LogP contribution < -0.4 is 0 Å². The van der Waals surface area contributed by atoms with Gasteiger partial charge in [0.25, 0.3) is 5.69 Å². The van der Waals surface area contributed by atoms with E-state index in [-0.39, 0.29) is 11.3 Å². The van der Waals surface area contributed by atoms with Crippen LogP contribution in [0.1, 0.15) is 5.56 Å². The Bertz CT molecular complexity index is 850. The number of nitro groups is 1. The molecule has 0 saturated heterocycles. The predicted octanol–water partition coefficient (Wildman–Crippen LogP) is 4.23. The van der Waals surface area contributed by atoms with Crippen molar-refractivity contribution in [2.75, 3.05) is 0 Å². The number of nitriles is 1. The van der Waals surface area contributed by atoms with Crippen molar-refractivity contribution >= 4 is 39.0 Å². The fourth-order valence-electron chi connectivity index (χ4n) is 1.82. The lowest BCUT2D eigenvalue weighted by atomic mass is 10.2. The molecule has 0 unspecified atom stereocenters. The molecule has 21 heavy (non-hydrogen) atoms. The minimum Gasteiger partial charge on any atom is -0.258 e. The Labute approximate surface area is 128 Å². The first-order valence-electron chi connectivity index (χ1n) is 5.89. The molecule has 3 aromatic rings. The SMILES string of the molecule is N#Cc1cc(Sc2nc3ccccc3s2)ccc1[N+](=O)[O-]. The van der Waals surface area contributed by atoms with E-state index < -0.39 is 4.92 Å². The summed E-state index contributed by atoms with van der Waals surface area (Å²) in [6.45, 7) is 0. The topological polar surface area (TPSA) is 79.8 Å². The van der Waals surface area contributed by atoms with Crippen molar-refractivity contribution in [2.45, 2.75) is 9.24 Å². The third-order valence-electron chi connectivity index (χ3n) is 2.76. The first-order chi connectivity index (χ1) is 10.2. The van der Waals surface area contributed by atoms with Gasteiger partial charge in [0.1, 0.15) is 11.6 Å². The van der Waals surface area contributed by atoms with Gasteiger partial charge in [-0.1, -0.05) is 23.9 Å². The summed E-state index contributed by atoms with van der Waals surface area (Å²) in [5, 5.41) is 19.8. The zero-order chi connectivity index (χ0) is 14.8. The number of fused-ring (bicyclic) bond motifs is 1. The molecule has 0 radical (unpaired) electrons. The van der Waals surface area contributed by atoms with E-state index in [0.29, 0.717) is 0 Å². The molecule has 3 rings (SSSR count). The van der Waals surface area contributed by atoms with Crippen LogP contribution in [0.5, 0.6) is 0 Å². The summed E-state index contributed by atoms with van der Waals surface area (Å²) in [7, 11) is 0. The van der Waals surface area contributed by atoms with Crippen LogP contribution in [0, 0.1) is 21.4 Å². The average Bonchev–Trinajstić information content (AvgIpc) is 2.88. The predicted molar refractivity (Wildman–Crippen MR) is 81.6 cm³/mol. The molecule has 0 aliphatic heterocycles. The van der Waals surface area contributed by atoms with Gasteiger partial charge >= 0.3 is 0 Å². The molecule has 7 heteroatoms. The number of para-hydroxylation sites is 1. The smallest absolute Gasteiger partial charge is 0.258 e. The third kappa shape index (κ3) is 2.72. The Morgan fingerprint density at radius 2 is 2.10 bits per heavy atom. The minimum atomic E-state index is -0.551. The molecule has 0 N–H and O–H groups in total. The molecular weight excluding hydrogens is 306 g/mol. The number of nitrogens with zero attached hydrogens (tertiary/aromatic N) is 3. The van der Waals surface area contributed by atoms with Gasteiger partial charge in [-0.3, -0.25) is 10.1 Å². The van der Waals surface area contributed by atoms with Gasteiger partial charge in [-0.2, -0.15) is 5.26 Å². The summed E-state index contributed by atoms with van der Waals surface area (Å²) in [5.74, 6) is 0. The highest BCUT2D eigenvalue weighted by Gasteiger charge is 2.15. The molecule has 0 amide bonds. The van der Waals surface area contributed by atoms with Crippen molar-refractivity contribution in [3.63, 3.8) is 0 Å². The number of benzene rings is 2. The molecule has 1 aromatic heterocycles. The Morgan fingerprint density at radius 3 is 2.81 bits per heavy atom. The van der Waals surface area contributed by atoms with Crippen LogP contribution >= 0.6 is 23.1 Å². The number of rotatable bonds is 3. The van der Waals surface area contributed by atoms with Gasteiger partial charge in [-0.25, -0.2) is 4.98 Å². The molecule has 0 bridgehead atoms. The average molecular weight is 313 g/mol. The summed E-state index contributed by atoms with van der Waals surface area (Å²) in [5.41, 5.74) is 0.810. The largest absolute Gasteiger partial charge is 0.287 e. The van der Waals surface area contributed by atoms with E-state index in [1.54, 1.807) is 17.4 Å². The van der Waals surface area contributed by atoms with Crippen molar-refractivity contribution in [3.05, 3.63) is 58.1 Å². The monoisotopic (exact) mass is 313 g/mol. The van der Waals surface area contributed by atoms with Crippen molar-refractivity contribution in [1.29, 1.82) is 5.26 Å². The first kappa shape index (κ1) is 13.5. The molecule has 1 heterocycles. The Hall–Kier alpha value is -2.43. The maximum absolute atomic E-state index is 10.8. The van der Waals surface area contributed by atoms with E-state index in [1.807, 2.05) is 30.3 Å². The molecule has 2 aromatic carbocycles. The number of aromatic nitrogens is 1. The van der Waals surface area contributed by atoms with Gasteiger partial charge in [0.15, 0.2) is 4.34 Å². The minimum absolute atomic E-state index is 0.0612. The van der Waals surface area contributed by atoms with E-state index in [4.69, 9.17) is 5.26 Å². The molecule has 0 aliphatic rings. The molecule has 0 fully saturated rings. The molecule has 102 valence electrons. The van der Waals surface area contributed by atoms with Crippen molar-refractivity contribution in [3.8, 4) is 6.07 Å². The number of hydrogen-bond donors (Lipinski definition) is 0. The van der Waals surface area contributed by atoms with E-state index >= 15 is 0 Å². The molecule has 0 spiro atoms. The fourth-order valence-corrected chi connectivity index (χ4v) is 3.90. The fraction of sp³-hybridized carbons (Fsp3) is 0. The highest BCUT2D eigenvalue weighted by atomic mass is 32.2. The number of hydrogen-bond acceptors (Lipinski definition) is 6. The summed E-state index contributed by atoms with van der Waals surface area (Å²) in [6, 6.07) is 14.2. The van der Waals surface area contributed by atoms with E-state index in [0.717, 1.165) is 19.5 Å². The third-order valence-corrected chi connectivity index (χ3v) is 4.85. The normalized spacial score (nSPS) is 10.4. The van der Waals surface area contributed by atoms with Crippen LogP contribution in [0.2, 0.25) is 0 Å². The van der Waals surface area contributed by atoms with E-state index in [1.165, 1.54) is 23.9 Å². The van der Waals surface area contributed by atoms with Gasteiger partial charge in [-0.05, 0) is 24.3 Å². The maximum Gasteiger partial charge on any atom is 0.287 e. The zero-order valence-corrected chi connectivity index (χ0v) is 12.1. The summed E-state index contributed by atoms with van der Waals surface area (Å²) >= 11 is 2.95. The first-order valence-corrected chi connectivity index (χ1v) is 7.52. The molecule has 5 nitrogen and oxygen atoms in total. The lowest BCUT2D eigenvalue weighted by Crippen LogP contribution is -1.92. The number of nitro benzene ring substituents is 1. The van der Waals surface area contributed by atoms with Crippen LogP contribution in [0.3, 0.4) is 0 Å². The zero-order valence-electron chi connectivity index (χ0n) is 10.5. The maximum atomic E-state index is 10.8. The highest BCUT2D eigenvalue weighted by molar-refractivity contribution is 8.01. The van der Waals surface area contributed by atoms with Crippen molar-refractivity contribution < 1.29 is 4.92 Å². The Kier molecular flexibility index (Phi) is 3.56. The van der Waals surface area contributed by atoms with Crippen molar-refractivity contribution in [2.24, 2.45) is 0 Å². The molecule has 0 atom stereocenters. The van der Waals surface area contributed by atoms with Gasteiger partial charge in [0.2, 0.25) is 0 Å². The van der Waals surface area contributed by atoms with Crippen LogP contribution in [-0.2, 0) is 0 Å².